The standard InChI is InChI=1S/C11H18N4O3/c1-8-7-10(17)15(11(13-8)18-2)6-4-3-5-9(16)14-12/h7H,3-6,12H2,1-2H3,(H,14,16). The lowest BCUT2D eigenvalue weighted by Gasteiger charge is -2.10. The summed E-state index contributed by atoms with van der Waals surface area (Å²) < 4.78 is 6.51. The van der Waals surface area contributed by atoms with Gasteiger partial charge in [0.1, 0.15) is 0 Å². The first-order valence-electron chi connectivity index (χ1n) is 5.70. The number of aryl methyl sites for hydroxylation is 1. The second-order valence-corrected chi connectivity index (χ2v) is 3.90. The Morgan fingerprint density at radius 2 is 2.28 bits per heavy atom. The van der Waals surface area contributed by atoms with Gasteiger partial charge < -0.3 is 4.74 Å². The summed E-state index contributed by atoms with van der Waals surface area (Å²) in [5, 5.41) is 0. The number of amides is 1. The van der Waals surface area contributed by atoms with E-state index >= 15 is 0 Å². The zero-order chi connectivity index (χ0) is 13.5. The Hall–Kier alpha value is -1.89. The molecule has 0 atom stereocenters. The maximum Gasteiger partial charge on any atom is 0.299 e. The summed E-state index contributed by atoms with van der Waals surface area (Å²) in [5.41, 5.74) is 2.53. The third-order valence-electron chi connectivity index (χ3n) is 2.48. The van der Waals surface area contributed by atoms with Gasteiger partial charge >= 0.3 is 0 Å². The number of aromatic nitrogens is 2. The van der Waals surface area contributed by atoms with Gasteiger partial charge in [-0.3, -0.25) is 19.6 Å². The molecule has 100 valence electrons. The Bertz CT molecular complexity index is 470. The Morgan fingerprint density at radius 3 is 2.89 bits per heavy atom. The van der Waals surface area contributed by atoms with Gasteiger partial charge in [-0.05, 0) is 19.8 Å². The molecule has 1 amide bonds. The van der Waals surface area contributed by atoms with Crippen molar-refractivity contribution >= 4 is 5.91 Å². The van der Waals surface area contributed by atoms with Crippen molar-refractivity contribution in [1.29, 1.82) is 0 Å². The maximum absolute atomic E-state index is 11.7. The number of rotatable bonds is 6. The highest BCUT2D eigenvalue weighted by Crippen LogP contribution is 2.06. The molecule has 3 N–H and O–H groups in total. The zero-order valence-corrected chi connectivity index (χ0v) is 10.6. The van der Waals surface area contributed by atoms with Crippen LogP contribution in [0.5, 0.6) is 6.01 Å². The van der Waals surface area contributed by atoms with Gasteiger partial charge in [-0.2, -0.15) is 0 Å². The normalized spacial score (nSPS) is 10.2. The SMILES string of the molecule is COc1nc(C)cc(=O)n1CCCCC(=O)NN. The van der Waals surface area contributed by atoms with Crippen LogP contribution in [0.3, 0.4) is 0 Å². The van der Waals surface area contributed by atoms with Gasteiger partial charge in [0.15, 0.2) is 0 Å². The lowest BCUT2D eigenvalue weighted by Crippen LogP contribution is -2.29. The molecule has 0 radical (unpaired) electrons. The maximum atomic E-state index is 11.7. The van der Waals surface area contributed by atoms with Gasteiger partial charge in [-0.1, -0.05) is 0 Å². The Kier molecular flexibility index (Phi) is 5.31. The van der Waals surface area contributed by atoms with Crippen LogP contribution in [0.15, 0.2) is 10.9 Å². The minimum absolute atomic E-state index is 0.150. The molecule has 0 saturated heterocycles. The van der Waals surface area contributed by atoms with Gasteiger partial charge in [-0.15, -0.1) is 0 Å². The first-order valence-corrected chi connectivity index (χ1v) is 5.70. The molecule has 0 aliphatic heterocycles. The molecule has 1 rings (SSSR count). The number of methoxy groups -OCH3 is 1. The van der Waals surface area contributed by atoms with Crippen LogP contribution < -0.4 is 21.6 Å². The van der Waals surface area contributed by atoms with Crippen molar-refractivity contribution in [2.75, 3.05) is 7.11 Å². The van der Waals surface area contributed by atoms with Crippen molar-refractivity contribution in [3.63, 3.8) is 0 Å². The molecule has 0 fully saturated rings. The second-order valence-electron chi connectivity index (χ2n) is 3.90. The Labute approximate surface area is 105 Å². The fraction of sp³-hybridized carbons (Fsp3) is 0.545. The molecule has 7 nitrogen and oxygen atoms in total. The number of hydrogen-bond acceptors (Lipinski definition) is 5. The number of unbranched alkanes of at least 4 members (excludes halogenated alkanes) is 1. The molecule has 0 aliphatic rings. The van der Waals surface area contributed by atoms with Crippen molar-refractivity contribution in [1.82, 2.24) is 15.0 Å². The first-order chi connectivity index (χ1) is 8.58. The molecule has 1 aromatic heterocycles. The number of carbonyl (C=O) groups is 1. The average Bonchev–Trinajstić information content (AvgIpc) is 2.35. The van der Waals surface area contributed by atoms with E-state index in [2.05, 4.69) is 10.4 Å². The average molecular weight is 254 g/mol. The van der Waals surface area contributed by atoms with Crippen LogP contribution in [0.25, 0.3) is 0 Å². The van der Waals surface area contributed by atoms with Crippen LogP contribution >= 0.6 is 0 Å². The monoisotopic (exact) mass is 254 g/mol. The van der Waals surface area contributed by atoms with Crippen LogP contribution in [-0.4, -0.2) is 22.6 Å². The number of hydrazine groups is 1. The highest BCUT2D eigenvalue weighted by Gasteiger charge is 2.07. The van der Waals surface area contributed by atoms with Crippen LogP contribution in [-0.2, 0) is 11.3 Å². The number of nitrogens with zero attached hydrogens (tertiary/aromatic N) is 2. The topological polar surface area (TPSA) is 99.2 Å². The number of hydrogen-bond donors (Lipinski definition) is 2. The molecular weight excluding hydrogens is 236 g/mol. The highest BCUT2D eigenvalue weighted by molar-refractivity contribution is 5.74. The summed E-state index contributed by atoms with van der Waals surface area (Å²) in [4.78, 5) is 26.8. The van der Waals surface area contributed by atoms with Gasteiger partial charge in [-0.25, -0.2) is 10.8 Å². The number of carbonyl (C=O) groups excluding carboxylic acids is 1. The zero-order valence-electron chi connectivity index (χ0n) is 10.6. The molecule has 0 saturated carbocycles. The fourth-order valence-electron chi connectivity index (χ4n) is 1.58. The van der Waals surface area contributed by atoms with Crippen LogP contribution in [0, 0.1) is 6.92 Å². The van der Waals surface area contributed by atoms with Crippen molar-refractivity contribution in [3.05, 3.63) is 22.1 Å². The van der Waals surface area contributed by atoms with E-state index < -0.39 is 0 Å². The Balaban J connectivity index is 2.62. The van der Waals surface area contributed by atoms with E-state index in [-0.39, 0.29) is 11.5 Å². The minimum Gasteiger partial charge on any atom is -0.468 e. The minimum atomic E-state index is -0.212. The second kappa shape index (κ2) is 6.75. The fourth-order valence-corrected chi connectivity index (χ4v) is 1.58. The summed E-state index contributed by atoms with van der Waals surface area (Å²) in [6.45, 7) is 2.20. The number of nitrogens with two attached hydrogens (primary N) is 1. The van der Waals surface area contributed by atoms with E-state index in [9.17, 15) is 9.59 Å². The van der Waals surface area contributed by atoms with Crippen LogP contribution in [0.2, 0.25) is 0 Å². The van der Waals surface area contributed by atoms with Crippen LogP contribution in [0.4, 0.5) is 0 Å². The van der Waals surface area contributed by atoms with E-state index in [1.807, 2.05) is 0 Å². The van der Waals surface area contributed by atoms with Gasteiger partial charge in [0, 0.05) is 24.7 Å². The van der Waals surface area contributed by atoms with Gasteiger partial charge in [0.25, 0.3) is 11.6 Å². The summed E-state index contributed by atoms with van der Waals surface area (Å²) in [7, 11) is 1.47. The van der Waals surface area contributed by atoms with Gasteiger partial charge in [0.2, 0.25) is 5.91 Å². The smallest absolute Gasteiger partial charge is 0.299 e. The molecule has 0 bridgehead atoms. The summed E-state index contributed by atoms with van der Waals surface area (Å²) in [5.74, 6) is 4.76. The first kappa shape index (κ1) is 14.2. The molecular formula is C11H18N4O3. The third-order valence-corrected chi connectivity index (χ3v) is 2.48. The molecule has 1 aromatic rings. The van der Waals surface area contributed by atoms with E-state index in [0.717, 1.165) is 0 Å². The van der Waals surface area contributed by atoms with E-state index in [1.54, 1.807) is 6.92 Å². The molecule has 1 heterocycles. The molecule has 0 unspecified atom stereocenters. The summed E-state index contributed by atoms with van der Waals surface area (Å²) >= 11 is 0. The number of nitrogens with one attached hydrogen (secondary N) is 1. The predicted molar refractivity (Wildman–Crippen MR) is 66.0 cm³/mol. The summed E-state index contributed by atoms with van der Waals surface area (Å²) in [6.07, 6.45) is 1.66. The molecule has 0 spiro atoms. The Morgan fingerprint density at radius 1 is 1.56 bits per heavy atom. The van der Waals surface area contributed by atoms with Crippen molar-refractivity contribution in [3.8, 4) is 6.01 Å². The lowest BCUT2D eigenvalue weighted by atomic mass is 10.2. The quantitative estimate of drug-likeness (QED) is 0.315. The lowest BCUT2D eigenvalue weighted by molar-refractivity contribution is -0.121. The molecule has 0 aliphatic carbocycles. The third kappa shape index (κ3) is 3.85. The van der Waals surface area contributed by atoms with Crippen molar-refractivity contribution in [2.45, 2.75) is 32.7 Å². The predicted octanol–water partition coefficient (Wildman–Crippen LogP) is -0.279. The largest absolute Gasteiger partial charge is 0.468 e. The van der Waals surface area contributed by atoms with Crippen molar-refractivity contribution < 1.29 is 9.53 Å². The molecule has 7 heteroatoms. The van der Waals surface area contributed by atoms with E-state index in [0.29, 0.717) is 37.5 Å². The molecule has 0 aromatic carbocycles. The van der Waals surface area contributed by atoms with Crippen LogP contribution in [0.1, 0.15) is 25.0 Å². The van der Waals surface area contributed by atoms with Gasteiger partial charge in [0.05, 0.1) is 7.11 Å². The molecule has 18 heavy (non-hydrogen) atoms. The van der Waals surface area contributed by atoms with E-state index in [1.165, 1.54) is 17.7 Å². The van der Waals surface area contributed by atoms with E-state index in [4.69, 9.17) is 10.6 Å². The van der Waals surface area contributed by atoms with Crippen molar-refractivity contribution in [2.24, 2.45) is 5.84 Å². The number of ether oxygens (including phenoxy) is 1. The summed E-state index contributed by atoms with van der Waals surface area (Å²) in [6, 6.07) is 1.75. The highest BCUT2D eigenvalue weighted by atomic mass is 16.5.